The molecule has 0 saturated heterocycles. The van der Waals surface area contributed by atoms with Gasteiger partial charge in [0.05, 0.1) is 5.69 Å². The smallest absolute Gasteiger partial charge is 0.123 e. The maximum absolute atomic E-state index is 13.4. The molecule has 0 aliphatic rings. The molecule has 3 aromatic carbocycles. The minimum atomic E-state index is -0.206. The molecule has 0 aliphatic carbocycles. The zero-order chi connectivity index (χ0) is 17.4. The third kappa shape index (κ3) is 2.85. The van der Waals surface area contributed by atoms with Gasteiger partial charge in [-0.3, -0.25) is 0 Å². The molecule has 0 bridgehead atoms. The molecule has 124 valence electrons. The Morgan fingerprint density at radius 3 is 2.20 bits per heavy atom. The summed E-state index contributed by atoms with van der Waals surface area (Å²) in [6.45, 7) is 5.04. The molecule has 0 atom stereocenters. The number of halogens is 1. The van der Waals surface area contributed by atoms with Crippen molar-refractivity contribution in [1.29, 1.82) is 0 Å². The van der Waals surface area contributed by atoms with E-state index < -0.39 is 0 Å². The first-order valence-electron chi connectivity index (χ1n) is 8.53. The molecule has 0 N–H and O–H groups in total. The summed E-state index contributed by atoms with van der Waals surface area (Å²) < 4.78 is 15.7. The van der Waals surface area contributed by atoms with Crippen molar-refractivity contribution in [2.24, 2.45) is 0 Å². The van der Waals surface area contributed by atoms with Crippen LogP contribution in [0.15, 0.2) is 72.8 Å². The Hall–Kier alpha value is -2.87. The molecule has 0 radical (unpaired) electrons. The zero-order valence-electron chi connectivity index (χ0n) is 14.5. The van der Waals surface area contributed by atoms with Gasteiger partial charge in [-0.15, -0.1) is 0 Å². The van der Waals surface area contributed by atoms with Gasteiger partial charge >= 0.3 is 0 Å². The highest BCUT2D eigenvalue weighted by molar-refractivity contribution is 5.91. The minimum absolute atomic E-state index is 0.206. The molecular weight excluding hydrogens is 309 g/mol. The fourth-order valence-electron chi connectivity index (χ4n) is 3.50. The molecule has 1 heterocycles. The van der Waals surface area contributed by atoms with Crippen LogP contribution < -0.4 is 0 Å². The summed E-state index contributed by atoms with van der Waals surface area (Å²) in [6, 6.07) is 23.9. The Balaban J connectivity index is 1.92. The highest BCUT2D eigenvalue weighted by atomic mass is 19.1. The fraction of sp³-hybridized carbons (Fsp3) is 0.130. The van der Waals surface area contributed by atoms with E-state index in [0.717, 1.165) is 17.8 Å². The molecule has 0 fully saturated rings. The van der Waals surface area contributed by atoms with Crippen molar-refractivity contribution >= 4 is 10.9 Å². The van der Waals surface area contributed by atoms with Crippen LogP contribution in [0.1, 0.15) is 16.7 Å². The van der Waals surface area contributed by atoms with Crippen molar-refractivity contribution < 1.29 is 4.39 Å². The van der Waals surface area contributed by atoms with Gasteiger partial charge in [0.15, 0.2) is 0 Å². The predicted molar refractivity (Wildman–Crippen MR) is 102 cm³/mol. The first kappa shape index (κ1) is 15.6. The minimum Gasteiger partial charge on any atom is -0.336 e. The number of aryl methyl sites for hydroxylation is 2. The predicted octanol–water partition coefficient (Wildman–Crippen LogP) is 6.11. The van der Waals surface area contributed by atoms with E-state index in [4.69, 9.17) is 0 Å². The molecule has 0 spiro atoms. The second kappa shape index (κ2) is 6.21. The van der Waals surface area contributed by atoms with Gasteiger partial charge in [0.2, 0.25) is 0 Å². The van der Waals surface area contributed by atoms with E-state index in [2.05, 4.69) is 66.9 Å². The number of nitrogens with zero attached hydrogens (tertiary/aromatic N) is 1. The van der Waals surface area contributed by atoms with Crippen LogP contribution in [0.4, 0.5) is 4.39 Å². The summed E-state index contributed by atoms with van der Waals surface area (Å²) in [4.78, 5) is 0. The van der Waals surface area contributed by atoms with Crippen LogP contribution in [0.25, 0.3) is 22.2 Å². The Labute approximate surface area is 147 Å². The number of hydrogen-bond acceptors (Lipinski definition) is 0. The molecule has 0 amide bonds. The highest BCUT2D eigenvalue weighted by Crippen LogP contribution is 2.34. The second-order valence-electron chi connectivity index (χ2n) is 6.57. The van der Waals surface area contributed by atoms with E-state index in [-0.39, 0.29) is 5.82 Å². The summed E-state index contributed by atoms with van der Waals surface area (Å²) in [5.74, 6) is -0.206. The number of rotatable bonds is 3. The molecule has 1 aromatic heterocycles. The molecule has 1 nitrogen and oxygen atoms in total. The SMILES string of the molecule is Cc1ccc(Cn2c(-c3ccc(F)cc3)c(C)c3ccccc32)cc1. The molecule has 25 heavy (non-hydrogen) atoms. The molecule has 4 aromatic rings. The van der Waals surface area contributed by atoms with Crippen molar-refractivity contribution in [2.75, 3.05) is 0 Å². The lowest BCUT2D eigenvalue weighted by atomic mass is 10.1. The van der Waals surface area contributed by atoms with Gasteiger partial charge in [0.1, 0.15) is 5.82 Å². The molecule has 2 heteroatoms. The quantitative estimate of drug-likeness (QED) is 0.427. The number of aromatic nitrogens is 1. The van der Waals surface area contributed by atoms with E-state index >= 15 is 0 Å². The van der Waals surface area contributed by atoms with Crippen LogP contribution in [0, 0.1) is 19.7 Å². The maximum Gasteiger partial charge on any atom is 0.123 e. The Kier molecular flexibility index (Phi) is 3.89. The van der Waals surface area contributed by atoms with Crippen LogP contribution >= 0.6 is 0 Å². The monoisotopic (exact) mass is 329 g/mol. The summed E-state index contributed by atoms with van der Waals surface area (Å²) in [6.07, 6.45) is 0. The lowest BCUT2D eigenvalue weighted by Crippen LogP contribution is -2.02. The van der Waals surface area contributed by atoms with Gasteiger partial charge in [0, 0.05) is 17.4 Å². The zero-order valence-corrected chi connectivity index (χ0v) is 14.5. The van der Waals surface area contributed by atoms with E-state index in [1.165, 1.54) is 39.7 Å². The van der Waals surface area contributed by atoms with Gasteiger partial charge in [-0.2, -0.15) is 0 Å². The van der Waals surface area contributed by atoms with Crippen molar-refractivity contribution in [3.63, 3.8) is 0 Å². The van der Waals surface area contributed by atoms with Gasteiger partial charge in [-0.25, -0.2) is 4.39 Å². The molecular formula is C23H20FN. The Morgan fingerprint density at radius 1 is 0.800 bits per heavy atom. The lowest BCUT2D eigenvalue weighted by molar-refractivity contribution is 0.628. The number of fused-ring (bicyclic) bond motifs is 1. The van der Waals surface area contributed by atoms with E-state index in [1.54, 1.807) is 0 Å². The summed E-state index contributed by atoms with van der Waals surface area (Å²) >= 11 is 0. The maximum atomic E-state index is 13.4. The Morgan fingerprint density at radius 2 is 1.48 bits per heavy atom. The first-order valence-corrected chi connectivity index (χ1v) is 8.53. The normalized spacial score (nSPS) is 11.2. The summed E-state index contributed by atoms with van der Waals surface area (Å²) in [7, 11) is 0. The van der Waals surface area contributed by atoms with Gasteiger partial charge < -0.3 is 4.57 Å². The summed E-state index contributed by atoms with van der Waals surface area (Å²) in [5, 5.41) is 1.24. The molecule has 0 unspecified atom stereocenters. The average molecular weight is 329 g/mol. The third-order valence-electron chi connectivity index (χ3n) is 4.80. The topological polar surface area (TPSA) is 4.93 Å². The molecule has 0 aliphatic heterocycles. The van der Waals surface area contributed by atoms with Gasteiger partial charge in [-0.1, -0.05) is 48.0 Å². The summed E-state index contributed by atoms with van der Waals surface area (Å²) in [5.41, 5.74) is 7.16. The van der Waals surface area contributed by atoms with Crippen molar-refractivity contribution in [1.82, 2.24) is 4.57 Å². The average Bonchev–Trinajstić information content (AvgIpc) is 2.90. The van der Waals surface area contributed by atoms with Crippen molar-refractivity contribution in [3.05, 3.63) is 95.3 Å². The number of para-hydroxylation sites is 1. The van der Waals surface area contributed by atoms with E-state index in [9.17, 15) is 4.39 Å². The van der Waals surface area contributed by atoms with E-state index in [0.29, 0.717) is 0 Å². The fourth-order valence-corrected chi connectivity index (χ4v) is 3.50. The van der Waals surface area contributed by atoms with Crippen LogP contribution in [-0.2, 0) is 6.54 Å². The van der Waals surface area contributed by atoms with Gasteiger partial charge in [0.25, 0.3) is 0 Å². The van der Waals surface area contributed by atoms with Crippen LogP contribution in [0.5, 0.6) is 0 Å². The first-order chi connectivity index (χ1) is 12.1. The van der Waals surface area contributed by atoms with Gasteiger partial charge in [-0.05, 0) is 60.9 Å². The van der Waals surface area contributed by atoms with Crippen LogP contribution in [0.3, 0.4) is 0 Å². The lowest BCUT2D eigenvalue weighted by Gasteiger charge is -2.12. The molecule has 4 rings (SSSR count). The van der Waals surface area contributed by atoms with Crippen LogP contribution in [-0.4, -0.2) is 4.57 Å². The standard InChI is InChI=1S/C23H20FN/c1-16-7-9-18(10-8-16)15-25-22-6-4-3-5-21(22)17(2)23(25)19-11-13-20(24)14-12-19/h3-14H,15H2,1-2H3. The highest BCUT2D eigenvalue weighted by Gasteiger charge is 2.15. The second-order valence-corrected chi connectivity index (χ2v) is 6.57. The van der Waals surface area contributed by atoms with Crippen LogP contribution in [0.2, 0.25) is 0 Å². The van der Waals surface area contributed by atoms with E-state index in [1.807, 2.05) is 12.1 Å². The van der Waals surface area contributed by atoms with Crippen molar-refractivity contribution in [3.8, 4) is 11.3 Å². The Bertz CT molecular complexity index is 1020. The number of benzene rings is 3. The molecule has 0 saturated carbocycles. The number of hydrogen-bond donors (Lipinski definition) is 0. The van der Waals surface area contributed by atoms with Crippen molar-refractivity contribution in [2.45, 2.75) is 20.4 Å². The third-order valence-corrected chi connectivity index (χ3v) is 4.80. The largest absolute Gasteiger partial charge is 0.336 e.